The molecule has 1 amide bonds. The van der Waals surface area contributed by atoms with Gasteiger partial charge in [0.1, 0.15) is 0 Å². The quantitative estimate of drug-likeness (QED) is 0.836. The standard InChI is InChI=1S/C16H23N3O/c1-2-3-8-16(20)18-15-7-5-10-19(13-15)12-14-6-4-9-17-11-14/h2-4,6,9,11,15H,5,7-8,10,12-13H2,1H3,(H,18,20). The molecule has 4 heteroatoms. The normalized spacial score (nSPS) is 20.1. The molecule has 0 saturated carbocycles. The molecule has 1 aliphatic heterocycles. The van der Waals surface area contributed by atoms with Gasteiger partial charge in [-0.3, -0.25) is 14.7 Å². The monoisotopic (exact) mass is 273 g/mol. The van der Waals surface area contributed by atoms with E-state index in [1.807, 2.05) is 31.3 Å². The highest BCUT2D eigenvalue weighted by Gasteiger charge is 2.20. The minimum atomic E-state index is 0.122. The summed E-state index contributed by atoms with van der Waals surface area (Å²) in [5.74, 6) is 0.122. The first kappa shape index (κ1) is 14.7. The number of nitrogens with zero attached hydrogens (tertiary/aromatic N) is 2. The van der Waals surface area contributed by atoms with Crippen molar-refractivity contribution in [2.45, 2.75) is 38.8 Å². The Balaban J connectivity index is 1.81. The second-order valence-corrected chi connectivity index (χ2v) is 5.28. The summed E-state index contributed by atoms with van der Waals surface area (Å²) in [5.41, 5.74) is 1.23. The van der Waals surface area contributed by atoms with E-state index < -0.39 is 0 Å². The zero-order valence-electron chi connectivity index (χ0n) is 12.1. The van der Waals surface area contributed by atoms with Crippen molar-refractivity contribution >= 4 is 5.91 Å². The Bertz CT molecular complexity index is 444. The highest BCUT2D eigenvalue weighted by molar-refractivity contribution is 5.77. The number of piperidine rings is 1. The number of likely N-dealkylation sites (tertiary alicyclic amines) is 1. The van der Waals surface area contributed by atoms with Gasteiger partial charge in [0.2, 0.25) is 5.91 Å². The molecule has 1 fully saturated rings. The van der Waals surface area contributed by atoms with E-state index >= 15 is 0 Å². The number of amides is 1. The Morgan fingerprint density at radius 3 is 3.25 bits per heavy atom. The fourth-order valence-electron chi connectivity index (χ4n) is 2.58. The minimum Gasteiger partial charge on any atom is -0.352 e. The van der Waals surface area contributed by atoms with Crippen LogP contribution in [0.4, 0.5) is 0 Å². The lowest BCUT2D eigenvalue weighted by atomic mass is 10.0. The molecule has 20 heavy (non-hydrogen) atoms. The molecule has 108 valence electrons. The van der Waals surface area contributed by atoms with Gasteiger partial charge in [0.15, 0.2) is 0 Å². The maximum absolute atomic E-state index is 11.7. The van der Waals surface area contributed by atoms with E-state index in [1.54, 1.807) is 6.20 Å². The smallest absolute Gasteiger partial charge is 0.224 e. The van der Waals surface area contributed by atoms with Crippen molar-refractivity contribution in [1.29, 1.82) is 0 Å². The van der Waals surface area contributed by atoms with Crippen LogP contribution in [0.2, 0.25) is 0 Å². The Morgan fingerprint density at radius 1 is 1.60 bits per heavy atom. The fourth-order valence-corrected chi connectivity index (χ4v) is 2.58. The lowest BCUT2D eigenvalue weighted by Crippen LogP contribution is -2.47. The summed E-state index contributed by atoms with van der Waals surface area (Å²) < 4.78 is 0. The van der Waals surface area contributed by atoms with Gasteiger partial charge in [-0.15, -0.1) is 0 Å². The zero-order valence-corrected chi connectivity index (χ0v) is 12.1. The van der Waals surface area contributed by atoms with Crippen LogP contribution >= 0.6 is 0 Å². The van der Waals surface area contributed by atoms with Gasteiger partial charge in [-0.2, -0.15) is 0 Å². The zero-order chi connectivity index (χ0) is 14.2. The van der Waals surface area contributed by atoms with Gasteiger partial charge in [0.25, 0.3) is 0 Å². The molecule has 1 unspecified atom stereocenters. The summed E-state index contributed by atoms with van der Waals surface area (Å²) >= 11 is 0. The van der Waals surface area contributed by atoms with Crippen molar-refractivity contribution in [2.75, 3.05) is 13.1 Å². The van der Waals surface area contributed by atoms with Crippen LogP contribution in [0, 0.1) is 0 Å². The SMILES string of the molecule is CC=CCC(=O)NC1CCCN(Cc2cccnc2)C1. The first-order chi connectivity index (χ1) is 9.78. The van der Waals surface area contributed by atoms with Crippen molar-refractivity contribution in [1.82, 2.24) is 15.2 Å². The van der Waals surface area contributed by atoms with Crippen molar-refractivity contribution in [3.8, 4) is 0 Å². The van der Waals surface area contributed by atoms with Crippen LogP contribution in [0.5, 0.6) is 0 Å². The van der Waals surface area contributed by atoms with Crippen LogP contribution in [0.15, 0.2) is 36.7 Å². The molecule has 1 aromatic heterocycles. The molecule has 0 aliphatic carbocycles. The van der Waals surface area contributed by atoms with E-state index in [0.29, 0.717) is 6.42 Å². The molecule has 1 aliphatic rings. The van der Waals surface area contributed by atoms with E-state index in [9.17, 15) is 4.79 Å². The first-order valence-corrected chi connectivity index (χ1v) is 7.29. The second-order valence-electron chi connectivity index (χ2n) is 5.28. The molecule has 0 spiro atoms. The minimum absolute atomic E-state index is 0.122. The van der Waals surface area contributed by atoms with E-state index in [-0.39, 0.29) is 11.9 Å². The van der Waals surface area contributed by atoms with Crippen LogP contribution in [0.1, 0.15) is 31.7 Å². The molecule has 1 N–H and O–H groups in total. The Morgan fingerprint density at radius 2 is 2.50 bits per heavy atom. The van der Waals surface area contributed by atoms with Crippen molar-refractivity contribution in [3.63, 3.8) is 0 Å². The maximum atomic E-state index is 11.7. The summed E-state index contributed by atoms with van der Waals surface area (Å²) in [7, 11) is 0. The van der Waals surface area contributed by atoms with Crippen molar-refractivity contribution < 1.29 is 4.79 Å². The molecule has 4 nitrogen and oxygen atoms in total. The summed E-state index contributed by atoms with van der Waals surface area (Å²) in [6.07, 6.45) is 10.2. The molecule has 1 atom stereocenters. The van der Waals surface area contributed by atoms with Crippen LogP contribution < -0.4 is 5.32 Å². The number of carbonyl (C=O) groups is 1. The molecule has 2 rings (SSSR count). The number of hydrogen-bond acceptors (Lipinski definition) is 3. The van der Waals surface area contributed by atoms with Crippen molar-refractivity contribution in [2.24, 2.45) is 0 Å². The molecular weight excluding hydrogens is 250 g/mol. The lowest BCUT2D eigenvalue weighted by Gasteiger charge is -2.33. The maximum Gasteiger partial charge on any atom is 0.224 e. The average molecular weight is 273 g/mol. The predicted molar refractivity (Wildman–Crippen MR) is 80.1 cm³/mol. The summed E-state index contributed by atoms with van der Waals surface area (Å²) in [6, 6.07) is 4.34. The summed E-state index contributed by atoms with van der Waals surface area (Å²) in [6.45, 7) is 4.87. The number of carbonyl (C=O) groups excluding carboxylic acids is 1. The van der Waals surface area contributed by atoms with E-state index in [1.165, 1.54) is 5.56 Å². The number of nitrogens with one attached hydrogen (secondary N) is 1. The number of pyridine rings is 1. The van der Waals surface area contributed by atoms with Crippen LogP contribution in [-0.4, -0.2) is 34.9 Å². The van der Waals surface area contributed by atoms with Gasteiger partial charge < -0.3 is 5.32 Å². The summed E-state index contributed by atoms with van der Waals surface area (Å²) in [4.78, 5) is 18.3. The van der Waals surface area contributed by atoms with Gasteiger partial charge in [-0.1, -0.05) is 18.2 Å². The molecule has 1 saturated heterocycles. The van der Waals surface area contributed by atoms with Crippen LogP contribution in [-0.2, 0) is 11.3 Å². The third-order valence-electron chi connectivity index (χ3n) is 3.54. The highest BCUT2D eigenvalue weighted by atomic mass is 16.1. The van der Waals surface area contributed by atoms with Gasteiger partial charge in [-0.05, 0) is 37.9 Å². The molecule has 1 aromatic rings. The first-order valence-electron chi connectivity index (χ1n) is 7.29. The Labute approximate surface area is 120 Å². The van der Waals surface area contributed by atoms with Gasteiger partial charge in [0, 0.05) is 37.9 Å². The molecule has 2 heterocycles. The largest absolute Gasteiger partial charge is 0.352 e. The number of hydrogen-bond donors (Lipinski definition) is 1. The summed E-state index contributed by atoms with van der Waals surface area (Å²) in [5, 5.41) is 3.12. The van der Waals surface area contributed by atoms with Gasteiger partial charge in [0.05, 0.1) is 0 Å². The van der Waals surface area contributed by atoms with Crippen LogP contribution in [0.3, 0.4) is 0 Å². The van der Waals surface area contributed by atoms with Crippen molar-refractivity contribution in [3.05, 3.63) is 42.2 Å². The number of allylic oxidation sites excluding steroid dienone is 1. The van der Waals surface area contributed by atoms with E-state index in [0.717, 1.165) is 32.5 Å². The topological polar surface area (TPSA) is 45.2 Å². The number of rotatable bonds is 5. The third-order valence-corrected chi connectivity index (χ3v) is 3.54. The second kappa shape index (κ2) is 7.80. The highest BCUT2D eigenvalue weighted by Crippen LogP contribution is 2.13. The molecule has 0 radical (unpaired) electrons. The van der Waals surface area contributed by atoms with E-state index in [2.05, 4.69) is 21.3 Å². The van der Waals surface area contributed by atoms with Crippen LogP contribution in [0.25, 0.3) is 0 Å². The van der Waals surface area contributed by atoms with Gasteiger partial charge >= 0.3 is 0 Å². The molecular formula is C16H23N3O. The number of aromatic nitrogens is 1. The third kappa shape index (κ3) is 4.78. The predicted octanol–water partition coefficient (Wildman–Crippen LogP) is 2.13. The molecule has 0 bridgehead atoms. The fraction of sp³-hybridized carbons (Fsp3) is 0.500. The average Bonchev–Trinajstić information content (AvgIpc) is 2.46. The Hall–Kier alpha value is -1.68. The van der Waals surface area contributed by atoms with Gasteiger partial charge in [-0.25, -0.2) is 0 Å². The molecule has 0 aromatic carbocycles. The lowest BCUT2D eigenvalue weighted by molar-refractivity contribution is -0.121. The Kier molecular flexibility index (Phi) is 5.74. The van der Waals surface area contributed by atoms with E-state index in [4.69, 9.17) is 0 Å².